The van der Waals surface area contributed by atoms with Crippen LogP contribution in [0.15, 0.2) is 36.5 Å². The third-order valence-electron chi connectivity index (χ3n) is 4.59. The minimum Gasteiger partial charge on any atom is -0.369 e. The van der Waals surface area contributed by atoms with Gasteiger partial charge in [0.1, 0.15) is 0 Å². The highest BCUT2D eigenvalue weighted by Crippen LogP contribution is 2.23. The Labute approximate surface area is 146 Å². The van der Waals surface area contributed by atoms with Crippen molar-refractivity contribution in [2.24, 2.45) is 11.7 Å². The minimum atomic E-state index is -0.347. The van der Waals surface area contributed by atoms with Crippen molar-refractivity contribution < 1.29 is 9.59 Å². The van der Waals surface area contributed by atoms with E-state index >= 15 is 0 Å². The summed E-state index contributed by atoms with van der Waals surface area (Å²) in [6.45, 7) is 1.56. The van der Waals surface area contributed by atoms with Gasteiger partial charge in [-0.25, -0.2) is 0 Å². The Morgan fingerprint density at radius 3 is 2.88 bits per heavy atom. The number of aromatic nitrogens is 1. The van der Waals surface area contributed by atoms with Crippen molar-refractivity contribution in [3.63, 3.8) is 0 Å². The van der Waals surface area contributed by atoms with E-state index in [0.717, 1.165) is 16.5 Å². The van der Waals surface area contributed by atoms with Gasteiger partial charge in [0.25, 0.3) is 0 Å². The van der Waals surface area contributed by atoms with Crippen molar-refractivity contribution in [3.8, 4) is 6.07 Å². The van der Waals surface area contributed by atoms with Crippen molar-refractivity contribution in [2.45, 2.75) is 19.4 Å². The molecule has 1 aliphatic rings. The molecule has 2 heterocycles. The van der Waals surface area contributed by atoms with Gasteiger partial charge in [-0.3, -0.25) is 9.59 Å². The molecular weight excluding hydrogens is 316 g/mol. The normalized spacial score (nSPS) is 17.2. The predicted octanol–water partition coefficient (Wildman–Crippen LogP) is 1.90. The number of carbonyl (C=O) groups excluding carboxylic acids is 2. The van der Waals surface area contributed by atoms with Gasteiger partial charge >= 0.3 is 0 Å². The Morgan fingerprint density at radius 1 is 1.36 bits per heavy atom. The van der Waals surface area contributed by atoms with Crippen molar-refractivity contribution in [2.75, 3.05) is 13.1 Å². The number of hydrogen-bond donors (Lipinski definition) is 1. The van der Waals surface area contributed by atoms with Crippen LogP contribution in [0.5, 0.6) is 0 Å². The fraction of sp³-hybridized carbons (Fsp3) is 0.316. The van der Waals surface area contributed by atoms with Gasteiger partial charge in [-0.2, -0.15) is 5.26 Å². The number of nitriles is 1. The summed E-state index contributed by atoms with van der Waals surface area (Å²) in [4.78, 5) is 25.2. The fourth-order valence-corrected chi connectivity index (χ4v) is 3.22. The van der Waals surface area contributed by atoms with E-state index in [2.05, 4.69) is 6.07 Å². The number of nitrogens with zero attached hydrogens (tertiary/aromatic N) is 3. The van der Waals surface area contributed by atoms with E-state index in [0.29, 0.717) is 32.5 Å². The molecule has 1 aromatic heterocycles. The number of likely N-dealkylation sites (tertiary alicyclic amines) is 1. The number of nitrogens with two attached hydrogens (primary N) is 1. The van der Waals surface area contributed by atoms with Crippen LogP contribution < -0.4 is 5.73 Å². The zero-order chi connectivity index (χ0) is 17.8. The number of benzene rings is 1. The SMILES string of the molecule is N#CCCn1cc(/C=C/C(=O)N2CC[C@@H](C(N)=O)C2)c2ccccc21. The number of fused-ring (bicyclic) bond motifs is 1. The Balaban J connectivity index is 1.78. The lowest BCUT2D eigenvalue weighted by atomic mass is 10.1. The molecule has 1 fully saturated rings. The number of rotatable bonds is 5. The van der Waals surface area contributed by atoms with E-state index in [1.165, 1.54) is 0 Å². The Hall–Kier alpha value is -3.07. The van der Waals surface area contributed by atoms with E-state index in [1.54, 1.807) is 17.1 Å². The molecule has 0 unspecified atom stereocenters. The zero-order valence-electron chi connectivity index (χ0n) is 13.9. The summed E-state index contributed by atoms with van der Waals surface area (Å²) < 4.78 is 2.03. The van der Waals surface area contributed by atoms with Crippen LogP contribution in [0, 0.1) is 17.2 Å². The van der Waals surface area contributed by atoms with Crippen LogP contribution in [-0.2, 0) is 16.1 Å². The summed E-state index contributed by atoms with van der Waals surface area (Å²) in [6.07, 6.45) is 6.36. The molecule has 6 heteroatoms. The average molecular weight is 336 g/mol. The van der Waals surface area contributed by atoms with E-state index in [4.69, 9.17) is 11.0 Å². The predicted molar refractivity (Wildman–Crippen MR) is 95.1 cm³/mol. The average Bonchev–Trinajstić information content (AvgIpc) is 3.23. The summed E-state index contributed by atoms with van der Waals surface area (Å²) in [5, 5.41) is 9.85. The first-order valence-corrected chi connectivity index (χ1v) is 8.31. The Bertz CT molecular complexity index is 875. The summed E-state index contributed by atoms with van der Waals surface area (Å²) >= 11 is 0. The molecule has 6 nitrogen and oxygen atoms in total. The molecule has 1 atom stereocenters. The highest BCUT2D eigenvalue weighted by molar-refractivity contribution is 5.96. The van der Waals surface area contributed by atoms with Crippen molar-refractivity contribution in [1.82, 2.24) is 9.47 Å². The molecule has 0 aliphatic carbocycles. The van der Waals surface area contributed by atoms with Crippen LogP contribution in [0.2, 0.25) is 0 Å². The van der Waals surface area contributed by atoms with Gasteiger partial charge in [0.05, 0.1) is 18.4 Å². The number of para-hydroxylation sites is 1. The fourth-order valence-electron chi connectivity index (χ4n) is 3.22. The molecule has 2 N–H and O–H groups in total. The summed E-state index contributed by atoms with van der Waals surface area (Å²) in [6, 6.07) is 10.1. The van der Waals surface area contributed by atoms with Crippen molar-refractivity contribution in [3.05, 3.63) is 42.1 Å². The third-order valence-corrected chi connectivity index (χ3v) is 4.59. The van der Waals surface area contributed by atoms with Crippen LogP contribution in [0.1, 0.15) is 18.4 Å². The Kier molecular flexibility index (Phi) is 4.85. The third kappa shape index (κ3) is 3.56. The van der Waals surface area contributed by atoms with Gasteiger partial charge in [0, 0.05) is 48.4 Å². The molecule has 0 saturated carbocycles. The standard InChI is InChI=1S/C19H20N4O2/c20-9-3-10-22-12-14(16-4-1-2-5-17(16)22)6-7-18(24)23-11-8-15(13-23)19(21)25/h1-2,4-7,12,15H,3,8,10-11,13H2,(H2,21,25)/b7-6+/t15-/m1/s1. The molecule has 1 aromatic carbocycles. The first-order valence-electron chi connectivity index (χ1n) is 8.31. The quantitative estimate of drug-likeness (QED) is 0.845. The molecule has 1 aliphatic heterocycles. The maximum atomic E-state index is 12.3. The molecule has 0 spiro atoms. The molecule has 0 bridgehead atoms. The number of hydrogen-bond acceptors (Lipinski definition) is 3. The zero-order valence-corrected chi connectivity index (χ0v) is 13.9. The molecular formula is C19H20N4O2. The first-order chi connectivity index (χ1) is 12.1. The molecule has 3 rings (SSSR count). The lowest BCUT2D eigenvalue weighted by Gasteiger charge is -2.12. The van der Waals surface area contributed by atoms with Crippen molar-refractivity contribution in [1.29, 1.82) is 5.26 Å². The highest BCUT2D eigenvalue weighted by Gasteiger charge is 2.28. The van der Waals surface area contributed by atoms with Crippen LogP contribution in [0.4, 0.5) is 0 Å². The molecule has 0 radical (unpaired) electrons. The maximum absolute atomic E-state index is 12.3. The largest absolute Gasteiger partial charge is 0.369 e. The monoisotopic (exact) mass is 336 g/mol. The molecule has 1 saturated heterocycles. The smallest absolute Gasteiger partial charge is 0.246 e. The number of aryl methyl sites for hydroxylation is 1. The number of carbonyl (C=O) groups is 2. The summed E-state index contributed by atoms with van der Waals surface area (Å²) in [7, 11) is 0. The minimum absolute atomic E-state index is 0.113. The molecule has 128 valence electrons. The molecule has 2 amide bonds. The maximum Gasteiger partial charge on any atom is 0.246 e. The van der Waals surface area contributed by atoms with Crippen LogP contribution in [0.3, 0.4) is 0 Å². The molecule has 2 aromatic rings. The van der Waals surface area contributed by atoms with Gasteiger partial charge in [-0.15, -0.1) is 0 Å². The van der Waals surface area contributed by atoms with Gasteiger partial charge in [0.2, 0.25) is 11.8 Å². The van der Waals surface area contributed by atoms with Gasteiger partial charge in [0.15, 0.2) is 0 Å². The van der Waals surface area contributed by atoms with Crippen LogP contribution >= 0.6 is 0 Å². The highest BCUT2D eigenvalue weighted by atomic mass is 16.2. The number of amides is 2. The van der Waals surface area contributed by atoms with Gasteiger partial charge in [-0.05, 0) is 18.6 Å². The van der Waals surface area contributed by atoms with Crippen LogP contribution in [0.25, 0.3) is 17.0 Å². The number of primary amides is 1. The second-order valence-corrected chi connectivity index (χ2v) is 6.21. The van der Waals surface area contributed by atoms with E-state index in [9.17, 15) is 9.59 Å². The first kappa shape index (κ1) is 16.8. The van der Waals surface area contributed by atoms with Crippen molar-refractivity contribution >= 4 is 28.8 Å². The lowest BCUT2D eigenvalue weighted by molar-refractivity contribution is -0.125. The van der Waals surface area contributed by atoms with E-state index in [1.807, 2.05) is 35.0 Å². The van der Waals surface area contributed by atoms with Gasteiger partial charge in [-0.1, -0.05) is 18.2 Å². The van der Waals surface area contributed by atoms with Gasteiger partial charge < -0.3 is 15.2 Å². The Morgan fingerprint density at radius 2 is 2.16 bits per heavy atom. The molecule has 25 heavy (non-hydrogen) atoms. The lowest BCUT2D eigenvalue weighted by Crippen LogP contribution is -2.30. The summed E-state index contributed by atoms with van der Waals surface area (Å²) in [5.74, 6) is -0.706. The van der Waals surface area contributed by atoms with Crippen LogP contribution in [-0.4, -0.2) is 34.4 Å². The topological polar surface area (TPSA) is 92.1 Å². The summed E-state index contributed by atoms with van der Waals surface area (Å²) in [5.41, 5.74) is 7.29. The second kappa shape index (κ2) is 7.22. The van der Waals surface area contributed by atoms with E-state index in [-0.39, 0.29) is 17.7 Å². The second-order valence-electron chi connectivity index (χ2n) is 6.21. The van der Waals surface area contributed by atoms with E-state index < -0.39 is 0 Å².